The second-order valence-electron chi connectivity index (χ2n) is 4.84. The molecule has 6 heteroatoms. The minimum atomic E-state index is -0.717. The van der Waals surface area contributed by atoms with Gasteiger partial charge in [0.05, 0.1) is 0 Å². The monoisotopic (exact) mass is 257 g/mol. The van der Waals surface area contributed by atoms with E-state index in [4.69, 9.17) is 10.9 Å². The van der Waals surface area contributed by atoms with Gasteiger partial charge in [-0.1, -0.05) is 11.6 Å². The van der Waals surface area contributed by atoms with Gasteiger partial charge in [0.2, 0.25) is 5.91 Å². The van der Waals surface area contributed by atoms with Gasteiger partial charge in [0.25, 0.3) is 0 Å². The molecule has 0 bridgehead atoms. The molecule has 0 spiro atoms. The van der Waals surface area contributed by atoms with Crippen LogP contribution in [0, 0.1) is 5.41 Å². The Labute approximate surface area is 105 Å². The van der Waals surface area contributed by atoms with E-state index in [9.17, 15) is 4.79 Å². The molecule has 1 amide bonds. The van der Waals surface area contributed by atoms with Crippen molar-refractivity contribution in [3.8, 4) is 0 Å². The Morgan fingerprint density at radius 3 is 2.76 bits per heavy atom. The number of nitrogens with two attached hydrogens (primary N) is 1. The lowest BCUT2D eigenvalue weighted by Crippen LogP contribution is -2.58. The number of thioether (sulfide) groups is 1. The smallest absolute Gasteiger partial charge is 0.236 e. The molecule has 0 aromatic heterocycles. The van der Waals surface area contributed by atoms with Crippen LogP contribution in [0.1, 0.15) is 26.2 Å². The molecule has 1 atom stereocenters. The molecule has 2 fully saturated rings. The maximum atomic E-state index is 12.6. The van der Waals surface area contributed by atoms with Gasteiger partial charge in [-0.15, -0.1) is 0 Å². The second-order valence-corrected chi connectivity index (χ2v) is 5.99. The number of carbonyl (C=O) groups excluding carboxylic acids is 1. The van der Waals surface area contributed by atoms with Crippen molar-refractivity contribution in [3.63, 3.8) is 0 Å². The Bertz CT molecular complexity index is 342. The number of oxime groups is 1. The van der Waals surface area contributed by atoms with Gasteiger partial charge in [-0.3, -0.25) is 4.79 Å². The third kappa shape index (κ3) is 1.99. The van der Waals surface area contributed by atoms with E-state index >= 15 is 0 Å². The highest BCUT2D eigenvalue weighted by atomic mass is 32.2. The lowest BCUT2D eigenvalue weighted by Gasteiger charge is -2.45. The highest BCUT2D eigenvalue weighted by Gasteiger charge is 2.51. The summed E-state index contributed by atoms with van der Waals surface area (Å²) in [5, 5.41) is 11.9. The average molecular weight is 257 g/mol. The molecule has 1 saturated carbocycles. The number of hydrogen-bond donors (Lipinski definition) is 2. The zero-order valence-corrected chi connectivity index (χ0v) is 10.9. The SMILES string of the molecule is CC1CSCCN1C(=O)C1(C(N)=NO)CCC1. The van der Waals surface area contributed by atoms with E-state index in [2.05, 4.69) is 12.1 Å². The average Bonchev–Trinajstić information content (AvgIpc) is 2.27. The molecule has 1 aliphatic heterocycles. The molecule has 3 N–H and O–H groups in total. The van der Waals surface area contributed by atoms with Crippen LogP contribution in [0.2, 0.25) is 0 Å². The quantitative estimate of drug-likeness (QED) is 0.333. The summed E-state index contributed by atoms with van der Waals surface area (Å²) < 4.78 is 0. The Balaban J connectivity index is 2.17. The molecule has 2 rings (SSSR count). The van der Waals surface area contributed by atoms with Crippen LogP contribution in [-0.2, 0) is 4.79 Å². The predicted octanol–water partition coefficient (Wildman–Crippen LogP) is 0.867. The summed E-state index contributed by atoms with van der Waals surface area (Å²) in [7, 11) is 0. The van der Waals surface area contributed by atoms with Crippen LogP contribution in [-0.4, -0.2) is 45.9 Å². The fraction of sp³-hybridized carbons (Fsp3) is 0.818. The standard InChI is InChI=1S/C11H19N3O2S/c1-8-7-17-6-5-14(8)10(15)11(3-2-4-11)9(12)13-16/h8,16H,2-7H2,1H3,(H2,12,13). The van der Waals surface area contributed by atoms with E-state index in [1.165, 1.54) is 0 Å². The third-order valence-electron chi connectivity index (χ3n) is 3.84. The molecule has 1 saturated heterocycles. The first-order valence-electron chi connectivity index (χ1n) is 5.98. The van der Waals surface area contributed by atoms with Crippen molar-refractivity contribution >= 4 is 23.5 Å². The molecule has 0 aromatic carbocycles. The van der Waals surface area contributed by atoms with Gasteiger partial charge in [0, 0.05) is 24.1 Å². The molecular weight excluding hydrogens is 238 g/mol. The van der Waals surface area contributed by atoms with Crippen LogP contribution in [0.3, 0.4) is 0 Å². The van der Waals surface area contributed by atoms with Gasteiger partial charge in [-0.05, 0) is 19.8 Å². The molecule has 1 unspecified atom stereocenters. The zero-order chi connectivity index (χ0) is 12.5. The maximum absolute atomic E-state index is 12.6. The fourth-order valence-electron chi connectivity index (χ4n) is 2.51. The number of carbonyl (C=O) groups is 1. The minimum Gasteiger partial charge on any atom is -0.409 e. The van der Waals surface area contributed by atoms with Gasteiger partial charge < -0.3 is 15.8 Å². The lowest BCUT2D eigenvalue weighted by molar-refractivity contribution is -0.143. The van der Waals surface area contributed by atoms with Crippen molar-refractivity contribution in [3.05, 3.63) is 0 Å². The normalized spacial score (nSPS) is 28.6. The molecule has 17 heavy (non-hydrogen) atoms. The molecule has 0 radical (unpaired) electrons. The summed E-state index contributed by atoms with van der Waals surface area (Å²) in [5.41, 5.74) is 5.00. The first kappa shape index (κ1) is 12.5. The molecule has 5 nitrogen and oxygen atoms in total. The zero-order valence-electron chi connectivity index (χ0n) is 10.1. The molecular formula is C11H19N3O2S. The fourth-order valence-corrected chi connectivity index (χ4v) is 3.52. The van der Waals surface area contributed by atoms with Crippen LogP contribution >= 0.6 is 11.8 Å². The van der Waals surface area contributed by atoms with Gasteiger partial charge >= 0.3 is 0 Å². The first-order valence-corrected chi connectivity index (χ1v) is 7.14. The highest BCUT2D eigenvalue weighted by molar-refractivity contribution is 7.99. The Morgan fingerprint density at radius 2 is 2.29 bits per heavy atom. The summed E-state index contributed by atoms with van der Waals surface area (Å²) in [5.74, 6) is 2.08. The summed E-state index contributed by atoms with van der Waals surface area (Å²) >= 11 is 1.87. The Kier molecular flexibility index (Phi) is 3.51. The maximum Gasteiger partial charge on any atom is 0.236 e. The van der Waals surface area contributed by atoms with Crippen LogP contribution in [0.25, 0.3) is 0 Å². The largest absolute Gasteiger partial charge is 0.409 e. The number of hydrogen-bond acceptors (Lipinski definition) is 4. The van der Waals surface area contributed by atoms with Crippen molar-refractivity contribution in [2.75, 3.05) is 18.1 Å². The van der Waals surface area contributed by atoms with Gasteiger partial charge in [-0.2, -0.15) is 11.8 Å². The summed E-state index contributed by atoms with van der Waals surface area (Å²) in [6, 6.07) is 0.241. The van der Waals surface area contributed by atoms with E-state index in [-0.39, 0.29) is 17.8 Å². The van der Waals surface area contributed by atoms with E-state index in [1.807, 2.05) is 16.7 Å². The van der Waals surface area contributed by atoms with Crippen molar-refractivity contribution in [1.82, 2.24) is 4.90 Å². The number of amides is 1. The minimum absolute atomic E-state index is 0.0480. The second kappa shape index (κ2) is 4.76. The van der Waals surface area contributed by atoms with Crippen LogP contribution in [0.5, 0.6) is 0 Å². The van der Waals surface area contributed by atoms with Crippen LogP contribution < -0.4 is 5.73 Å². The Hall–Kier alpha value is -0.910. The van der Waals surface area contributed by atoms with Gasteiger partial charge in [-0.25, -0.2) is 0 Å². The predicted molar refractivity (Wildman–Crippen MR) is 68.2 cm³/mol. The summed E-state index contributed by atoms with van der Waals surface area (Å²) in [6.07, 6.45) is 2.38. The Morgan fingerprint density at radius 1 is 1.59 bits per heavy atom. The lowest BCUT2D eigenvalue weighted by atomic mass is 9.66. The van der Waals surface area contributed by atoms with Crippen molar-refractivity contribution < 1.29 is 10.0 Å². The van der Waals surface area contributed by atoms with Gasteiger partial charge in [0.15, 0.2) is 5.84 Å². The summed E-state index contributed by atoms with van der Waals surface area (Å²) in [6.45, 7) is 2.83. The molecule has 2 aliphatic rings. The van der Waals surface area contributed by atoms with E-state index in [0.717, 1.165) is 24.5 Å². The van der Waals surface area contributed by atoms with Crippen molar-refractivity contribution in [1.29, 1.82) is 0 Å². The van der Waals surface area contributed by atoms with E-state index in [1.54, 1.807) is 0 Å². The number of nitrogens with zero attached hydrogens (tertiary/aromatic N) is 2. The highest BCUT2D eigenvalue weighted by Crippen LogP contribution is 2.43. The van der Waals surface area contributed by atoms with E-state index in [0.29, 0.717) is 12.8 Å². The number of rotatable bonds is 2. The van der Waals surface area contributed by atoms with E-state index < -0.39 is 5.41 Å². The third-order valence-corrected chi connectivity index (χ3v) is 5.03. The van der Waals surface area contributed by atoms with Gasteiger partial charge in [0.1, 0.15) is 5.41 Å². The van der Waals surface area contributed by atoms with Crippen LogP contribution in [0.15, 0.2) is 5.16 Å². The van der Waals surface area contributed by atoms with Crippen molar-refractivity contribution in [2.24, 2.45) is 16.3 Å². The summed E-state index contributed by atoms with van der Waals surface area (Å²) in [4.78, 5) is 14.5. The number of amidine groups is 1. The molecule has 0 aromatic rings. The molecule has 1 aliphatic carbocycles. The topological polar surface area (TPSA) is 78.9 Å². The van der Waals surface area contributed by atoms with Crippen molar-refractivity contribution in [2.45, 2.75) is 32.2 Å². The molecule has 1 heterocycles. The molecule has 96 valence electrons. The van der Waals surface area contributed by atoms with Crippen LogP contribution in [0.4, 0.5) is 0 Å². The first-order chi connectivity index (χ1) is 8.12.